The number of carbonyl (C=O) groups is 6. The van der Waals surface area contributed by atoms with Gasteiger partial charge in [-0.25, -0.2) is 0 Å². The average Bonchev–Trinajstić information content (AvgIpc) is 3.24. The maximum atomic E-state index is 13.6. The molecule has 0 unspecified atom stereocenters. The van der Waals surface area contributed by atoms with E-state index in [4.69, 9.17) is 21.8 Å². The number of phenols is 1. The van der Waals surface area contributed by atoms with Gasteiger partial charge >= 0.3 is 11.9 Å². The Kier molecular flexibility index (Phi) is 6.50. The summed E-state index contributed by atoms with van der Waals surface area (Å²) in [7, 11) is 0. The largest absolute Gasteiger partial charge is 0.508 e. The van der Waals surface area contributed by atoms with Crippen LogP contribution in [0.25, 0.3) is 0 Å². The van der Waals surface area contributed by atoms with Crippen molar-refractivity contribution in [2.75, 3.05) is 13.1 Å². The number of carboxylic acids is 2. The second-order valence-corrected chi connectivity index (χ2v) is 10.6. The van der Waals surface area contributed by atoms with Crippen molar-refractivity contribution < 1.29 is 44.1 Å². The number of amides is 4. The fourth-order valence-electron chi connectivity index (χ4n) is 6.69. The maximum absolute atomic E-state index is 13.6. The number of aromatic hydroxyl groups is 1. The molecule has 3 fully saturated rings. The number of allylic oxidation sites excluding steroid dienone is 2. The highest BCUT2D eigenvalue weighted by Gasteiger charge is 2.62. The van der Waals surface area contributed by atoms with Gasteiger partial charge < -0.3 is 15.3 Å². The molecular weight excluding hydrogens is 520 g/mol. The van der Waals surface area contributed by atoms with Crippen molar-refractivity contribution in [2.24, 2.45) is 29.6 Å². The second kappa shape index (κ2) is 9.54. The van der Waals surface area contributed by atoms with Crippen LogP contribution >= 0.6 is 11.6 Å². The zero-order chi connectivity index (χ0) is 27.5. The lowest BCUT2D eigenvalue weighted by atomic mass is 9.57. The van der Waals surface area contributed by atoms with Gasteiger partial charge in [0, 0.05) is 24.0 Å². The SMILES string of the molecule is O=C(O)CCN1C(=O)[C@H]2[C@H](CC=C3[C@H]2C[C@H]2C(=O)N(CCC(=O)O)C(=O)[C@H]2[C@H]3c2ccc(O)cc2Cl)C1=O. The summed E-state index contributed by atoms with van der Waals surface area (Å²) in [6, 6.07) is 4.30. The van der Waals surface area contributed by atoms with Gasteiger partial charge in [0.25, 0.3) is 0 Å². The molecule has 4 amide bonds. The summed E-state index contributed by atoms with van der Waals surface area (Å²) in [5.41, 5.74) is 1.18. The van der Waals surface area contributed by atoms with Crippen LogP contribution in [0.4, 0.5) is 0 Å². The van der Waals surface area contributed by atoms with Crippen molar-refractivity contribution in [3.05, 3.63) is 40.4 Å². The number of nitrogens with zero attached hydrogens (tertiary/aromatic N) is 2. The molecule has 1 saturated carbocycles. The molecule has 1 aromatic rings. The summed E-state index contributed by atoms with van der Waals surface area (Å²) in [4.78, 5) is 77.7. The van der Waals surface area contributed by atoms with Crippen LogP contribution in [0.5, 0.6) is 5.75 Å². The van der Waals surface area contributed by atoms with Gasteiger partial charge in [0.15, 0.2) is 0 Å². The highest BCUT2D eigenvalue weighted by Crippen LogP contribution is 2.58. The van der Waals surface area contributed by atoms with Gasteiger partial charge in [-0.05, 0) is 36.5 Å². The van der Waals surface area contributed by atoms with E-state index in [1.807, 2.05) is 6.08 Å². The van der Waals surface area contributed by atoms with Gasteiger partial charge in [0.05, 0.1) is 36.5 Å². The lowest BCUT2D eigenvalue weighted by molar-refractivity contribution is -0.145. The van der Waals surface area contributed by atoms with Gasteiger partial charge in [0.2, 0.25) is 23.6 Å². The fraction of sp³-hybridized carbons (Fsp3) is 0.462. The molecule has 1 aromatic carbocycles. The highest BCUT2D eigenvalue weighted by atomic mass is 35.5. The number of hydrogen-bond donors (Lipinski definition) is 3. The number of benzene rings is 1. The van der Waals surface area contributed by atoms with Gasteiger partial charge in [0.1, 0.15) is 5.75 Å². The third-order valence-electron chi connectivity index (χ3n) is 8.25. The molecule has 0 spiro atoms. The molecule has 5 rings (SSSR count). The van der Waals surface area contributed by atoms with E-state index in [2.05, 4.69) is 0 Å². The summed E-state index contributed by atoms with van der Waals surface area (Å²) in [6.45, 7) is -0.534. The first-order valence-electron chi connectivity index (χ1n) is 12.3. The molecule has 12 heteroatoms. The number of rotatable bonds is 7. The van der Waals surface area contributed by atoms with Crippen LogP contribution in [-0.2, 0) is 28.8 Å². The normalized spacial score (nSPS) is 30.2. The van der Waals surface area contributed by atoms with E-state index in [0.29, 0.717) is 11.1 Å². The van der Waals surface area contributed by atoms with Crippen molar-refractivity contribution in [3.63, 3.8) is 0 Å². The van der Waals surface area contributed by atoms with Gasteiger partial charge in [-0.1, -0.05) is 29.3 Å². The Morgan fingerprint density at radius 1 is 0.842 bits per heavy atom. The first-order chi connectivity index (χ1) is 18.0. The lowest BCUT2D eigenvalue weighted by Gasteiger charge is -2.44. The monoisotopic (exact) mass is 544 g/mol. The fourth-order valence-corrected chi connectivity index (χ4v) is 6.98. The van der Waals surface area contributed by atoms with E-state index in [1.165, 1.54) is 12.1 Å². The molecule has 0 radical (unpaired) electrons. The Bertz CT molecular complexity index is 1310. The number of fused-ring (bicyclic) bond motifs is 4. The molecule has 2 heterocycles. The summed E-state index contributed by atoms with van der Waals surface area (Å²) in [6.07, 6.45) is 1.34. The first kappa shape index (κ1) is 25.9. The number of carbonyl (C=O) groups excluding carboxylic acids is 4. The van der Waals surface area contributed by atoms with E-state index >= 15 is 0 Å². The van der Waals surface area contributed by atoms with Crippen molar-refractivity contribution in [1.29, 1.82) is 0 Å². The van der Waals surface area contributed by atoms with Crippen molar-refractivity contribution in [3.8, 4) is 5.75 Å². The zero-order valence-electron chi connectivity index (χ0n) is 20.1. The molecule has 200 valence electrons. The standard InChI is InChI=1S/C26H25ClN2O9/c27-17-9-11(30)1-2-13(17)20-12-3-4-14-21(25(37)28(23(14)35)7-5-18(31)32)15(12)10-16-22(20)26(38)29(24(16)36)8-6-19(33)34/h1-3,9,14-16,20-22,30H,4-8,10H2,(H,31,32)(H,33,34)/t14-,15+,16+,20+,21-,22+/m0/s1. The van der Waals surface area contributed by atoms with E-state index < -0.39 is 77.5 Å². The highest BCUT2D eigenvalue weighted by molar-refractivity contribution is 6.31. The van der Waals surface area contributed by atoms with E-state index in [9.17, 15) is 33.9 Å². The minimum Gasteiger partial charge on any atom is -0.508 e. The van der Waals surface area contributed by atoms with Crippen LogP contribution in [0.3, 0.4) is 0 Å². The van der Waals surface area contributed by atoms with Gasteiger partial charge in [-0.15, -0.1) is 0 Å². The van der Waals surface area contributed by atoms with Crippen molar-refractivity contribution in [1.82, 2.24) is 9.80 Å². The average molecular weight is 545 g/mol. The Morgan fingerprint density at radius 2 is 1.42 bits per heavy atom. The topological polar surface area (TPSA) is 170 Å². The Labute approximate surface area is 221 Å². The van der Waals surface area contributed by atoms with Crippen LogP contribution in [0.1, 0.15) is 37.2 Å². The number of imide groups is 2. The summed E-state index contributed by atoms with van der Waals surface area (Å²) in [5.74, 6) is -8.94. The molecule has 2 saturated heterocycles. The van der Waals surface area contributed by atoms with Crippen molar-refractivity contribution >= 4 is 47.2 Å². The number of likely N-dealkylation sites (tertiary alicyclic amines) is 2. The second-order valence-electron chi connectivity index (χ2n) is 10.2. The first-order valence-corrected chi connectivity index (χ1v) is 12.7. The van der Waals surface area contributed by atoms with Gasteiger partial charge in [-0.2, -0.15) is 0 Å². The molecule has 6 atom stereocenters. The van der Waals surface area contributed by atoms with Crippen LogP contribution in [0.15, 0.2) is 29.8 Å². The summed E-state index contributed by atoms with van der Waals surface area (Å²) < 4.78 is 0. The third-order valence-corrected chi connectivity index (χ3v) is 8.58. The third kappa shape index (κ3) is 4.05. The van der Waals surface area contributed by atoms with E-state index in [-0.39, 0.29) is 43.1 Å². The number of hydrogen-bond acceptors (Lipinski definition) is 7. The number of aliphatic carboxylic acids is 2. The lowest BCUT2D eigenvalue weighted by Crippen LogP contribution is -2.43. The van der Waals surface area contributed by atoms with Crippen LogP contribution in [-0.4, -0.2) is 73.8 Å². The van der Waals surface area contributed by atoms with Crippen LogP contribution in [0, 0.1) is 29.6 Å². The van der Waals surface area contributed by atoms with E-state index in [0.717, 1.165) is 9.80 Å². The molecule has 2 aliphatic carbocycles. The smallest absolute Gasteiger partial charge is 0.305 e. The molecule has 38 heavy (non-hydrogen) atoms. The van der Waals surface area contributed by atoms with Gasteiger partial charge in [-0.3, -0.25) is 38.6 Å². The molecule has 11 nitrogen and oxygen atoms in total. The maximum Gasteiger partial charge on any atom is 0.305 e. The Balaban J connectivity index is 1.57. The van der Waals surface area contributed by atoms with E-state index in [1.54, 1.807) is 6.07 Å². The predicted octanol–water partition coefficient (Wildman–Crippen LogP) is 1.63. The molecule has 3 N–H and O–H groups in total. The molecule has 0 bridgehead atoms. The predicted molar refractivity (Wildman–Crippen MR) is 129 cm³/mol. The van der Waals surface area contributed by atoms with Crippen LogP contribution in [0.2, 0.25) is 5.02 Å². The Hall–Kier alpha value is -3.73. The molecule has 4 aliphatic rings. The minimum atomic E-state index is -1.16. The zero-order valence-corrected chi connectivity index (χ0v) is 20.8. The summed E-state index contributed by atoms with van der Waals surface area (Å²) >= 11 is 6.51. The van der Waals surface area contributed by atoms with Crippen molar-refractivity contribution in [2.45, 2.75) is 31.6 Å². The molecular formula is C26H25ClN2O9. The molecule has 0 aromatic heterocycles. The number of halogens is 1. The quantitative estimate of drug-likeness (QED) is 0.341. The van der Waals surface area contributed by atoms with Crippen LogP contribution < -0.4 is 0 Å². The minimum absolute atomic E-state index is 0.0945. The number of phenolic OH excluding ortho intramolecular Hbond substituents is 1. The molecule has 2 aliphatic heterocycles. The number of carboxylic acid groups (broad SMARTS) is 2. The Morgan fingerprint density at radius 3 is 2.00 bits per heavy atom. The summed E-state index contributed by atoms with van der Waals surface area (Å²) in [5, 5.41) is 28.2.